The number of aliphatic hydroxyl groups is 1. The third-order valence-electron chi connectivity index (χ3n) is 5.84. The maximum atomic E-state index is 13.3. The molecule has 0 saturated heterocycles. The Morgan fingerprint density at radius 2 is 1.88 bits per heavy atom. The predicted octanol–water partition coefficient (Wildman–Crippen LogP) is 3.28. The first-order valence-corrected chi connectivity index (χ1v) is 10.3. The van der Waals surface area contributed by atoms with Crippen LogP contribution in [0.1, 0.15) is 42.4 Å². The van der Waals surface area contributed by atoms with Gasteiger partial charge in [-0.15, -0.1) is 0 Å². The van der Waals surface area contributed by atoms with Crippen LogP contribution in [0.3, 0.4) is 0 Å². The molecule has 3 N–H and O–H groups in total. The van der Waals surface area contributed by atoms with E-state index in [1.165, 1.54) is 4.68 Å². The molecule has 0 unspecified atom stereocenters. The zero-order chi connectivity index (χ0) is 23.2. The average molecular weight is 431 g/mol. The lowest BCUT2D eigenvalue weighted by atomic mass is 9.86. The zero-order valence-electron chi connectivity index (χ0n) is 18.6. The summed E-state index contributed by atoms with van der Waals surface area (Å²) >= 11 is 0. The summed E-state index contributed by atoms with van der Waals surface area (Å²) in [6.45, 7) is 6.05. The van der Waals surface area contributed by atoms with E-state index in [0.717, 1.165) is 10.9 Å². The van der Waals surface area contributed by atoms with Gasteiger partial charge in [-0.05, 0) is 41.3 Å². The molecule has 164 valence electrons. The Bertz CT molecular complexity index is 1410. The molecular formula is C25H26N4O3. The number of fused-ring (bicyclic) bond motifs is 1. The number of carbonyl (C=O) groups is 1. The number of aromatic nitrogens is 3. The minimum absolute atomic E-state index is 0.0414. The lowest BCUT2D eigenvalue weighted by Gasteiger charge is -2.19. The third-order valence-corrected chi connectivity index (χ3v) is 5.84. The number of benzene rings is 2. The van der Waals surface area contributed by atoms with Crippen molar-refractivity contribution < 1.29 is 9.90 Å². The molecule has 7 nitrogen and oxygen atoms in total. The Morgan fingerprint density at radius 3 is 2.50 bits per heavy atom. The number of carbonyl (C=O) groups excluding carboxylic acids is 1. The molecule has 0 aliphatic rings. The second kappa shape index (κ2) is 7.76. The van der Waals surface area contributed by atoms with E-state index >= 15 is 0 Å². The van der Waals surface area contributed by atoms with Crippen molar-refractivity contribution in [2.75, 3.05) is 0 Å². The van der Waals surface area contributed by atoms with Gasteiger partial charge in [0.05, 0.1) is 23.9 Å². The van der Waals surface area contributed by atoms with Crippen LogP contribution in [-0.4, -0.2) is 25.4 Å². The summed E-state index contributed by atoms with van der Waals surface area (Å²) < 4.78 is 2.98. The van der Waals surface area contributed by atoms with Crippen LogP contribution in [0.15, 0.2) is 59.5 Å². The Balaban J connectivity index is 1.91. The molecule has 0 radical (unpaired) electrons. The molecule has 32 heavy (non-hydrogen) atoms. The first kappa shape index (κ1) is 21.5. The van der Waals surface area contributed by atoms with Gasteiger partial charge in [-0.1, -0.05) is 39.0 Å². The third kappa shape index (κ3) is 3.50. The maximum Gasteiger partial charge on any atom is 0.279 e. The Labute approximate surface area is 185 Å². The van der Waals surface area contributed by atoms with Gasteiger partial charge in [-0.3, -0.25) is 9.59 Å². The quantitative estimate of drug-likeness (QED) is 0.519. The largest absolute Gasteiger partial charge is 0.392 e. The van der Waals surface area contributed by atoms with Crippen molar-refractivity contribution in [1.82, 2.24) is 14.3 Å². The number of nitrogens with zero attached hydrogens (tertiary/aromatic N) is 3. The van der Waals surface area contributed by atoms with E-state index < -0.39 is 5.91 Å². The molecule has 0 aliphatic carbocycles. The molecule has 0 bridgehead atoms. The van der Waals surface area contributed by atoms with Gasteiger partial charge < -0.3 is 15.4 Å². The highest BCUT2D eigenvalue weighted by atomic mass is 16.3. The summed E-state index contributed by atoms with van der Waals surface area (Å²) in [6, 6.07) is 14.6. The highest BCUT2D eigenvalue weighted by Crippen LogP contribution is 2.30. The molecular weight excluding hydrogens is 404 g/mol. The molecule has 2 heterocycles. The van der Waals surface area contributed by atoms with Gasteiger partial charge in [0.25, 0.3) is 11.5 Å². The molecule has 4 aromatic rings. The van der Waals surface area contributed by atoms with Gasteiger partial charge in [-0.2, -0.15) is 9.78 Å². The van der Waals surface area contributed by atoms with Gasteiger partial charge in [0.2, 0.25) is 0 Å². The van der Waals surface area contributed by atoms with Crippen LogP contribution >= 0.6 is 0 Å². The fourth-order valence-corrected chi connectivity index (χ4v) is 4.00. The fourth-order valence-electron chi connectivity index (χ4n) is 4.00. The number of hydrogen-bond donors (Lipinski definition) is 2. The van der Waals surface area contributed by atoms with Crippen LogP contribution in [0.25, 0.3) is 27.7 Å². The Hall–Kier alpha value is -3.71. The number of hydrogen-bond acceptors (Lipinski definition) is 4. The molecule has 0 aliphatic heterocycles. The number of nitrogens with two attached hydrogens (primary N) is 1. The lowest BCUT2D eigenvalue weighted by Crippen LogP contribution is -2.23. The summed E-state index contributed by atoms with van der Waals surface area (Å²) in [7, 11) is 1.73. The number of primary amides is 1. The zero-order valence-corrected chi connectivity index (χ0v) is 18.6. The SMILES string of the molecule is Cn1c(C(N)=O)ccc1-c1cccc(-n2ncc3cc(C(C)(C)C)ccc3c2=O)c1CO. The molecule has 0 spiro atoms. The van der Waals surface area contributed by atoms with E-state index in [2.05, 4.69) is 25.9 Å². The molecule has 4 rings (SSSR count). The number of rotatable bonds is 4. The Morgan fingerprint density at radius 1 is 1.12 bits per heavy atom. The molecule has 0 atom stereocenters. The van der Waals surface area contributed by atoms with E-state index in [4.69, 9.17) is 5.73 Å². The van der Waals surface area contributed by atoms with Crippen molar-refractivity contribution in [2.24, 2.45) is 12.8 Å². The van der Waals surface area contributed by atoms with E-state index in [-0.39, 0.29) is 17.6 Å². The second-order valence-corrected chi connectivity index (χ2v) is 8.90. The van der Waals surface area contributed by atoms with Crippen molar-refractivity contribution in [3.05, 3.63) is 81.9 Å². The van der Waals surface area contributed by atoms with Crippen molar-refractivity contribution in [3.63, 3.8) is 0 Å². The minimum atomic E-state index is -0.539. The monoisotopic (exact) mass is 430 g/mol. The molecule has 0 saturated carbocycles. The van der Waals surface area contributed by atoms with Crippen LogP contribution in [0.4, 0.5) is 0 Å². The summed E-state index contributed by atoms with van der Waals surface area (Å²) in [5.41, 5.74) is 9.02. The van der Waals surface area contributed by atoms with E-state index in [0.29, 0.717) is 33.6 Å². The first-order valence-electron chi connectivity index (χ1n) is 10.3. The minimum Gasteiger partial charge on any atom is -0.392 e. The van der Waals surface area contributed by atoms with E-state index in [9.17, 15) is 14.7 Å². The maximum absolute atomic E-state index is 13.3. The van der Waals surface area contributed by atoms with E-state index in [1.54, 1.807) is 42.1 Å². The van der Waals surface area contributed by atoms with Gasteiger partial charge in [0.15, 0.2) is 0 Å². The van der Waals surface area contributed by atoms with Gasteiger partial charge in [0.1, 0.15) is 5.69 Å². The predicted molar refractivity (Wildman–Crippen MR) is 125 cm³/mol. The van der Waals surface area contributed by atoms with Crippen LogP contribution < -0.4 is 11.3 Å². The standard InChI is InChI=1S/C25H26N4O3/c1-25(2,3)16-8-9-17-15(12-16)13-27-29(24(17)32)21-7-5-6-18(19(21)14-30)20-10-11-22(23(26)31)28(20)4/h5-13,30H,14H2,1-4H3,(H2,26,31). The van der Waals surface area contributed by atoms with Crippen LogP contribution in [0, 0.1) is 0 Å². The molecule has 0 fully saturated rings. The van der Waals surface area contributed by atoms with Gasteiger partial charge >= 0.3 is 0 Å². The number of amides is 1. The summed E-state index contributed by atoms with van der Waals surface area (Å²) in [4.78, 5) is 25.0. The average Bonchev–Trinajstić information content (AvgIpc) is 3.14. The van der Waals surface area contributed by atoms with Crippen LogP contribution in [-0.2, 0) is 19.1 Å². The van der Waals surface area contributed by atoms with E-state index in [1.807, 2.05) is 24.3 Å². The van der Waals surface area contributed by atoms with Crippen molar-refractivity contribution in [3.8, 4) is 16.9 Å². The molecule has 2 aromatic heterocycles. The summed E-state index contributed by atoms with van der Waals surface area (Å²) in [6.07, 6.45) is 1.67. The van der Waals surface area contributed by atoms with Crippen molar-refractivity contribution in [2.45, 2.75) is 32.8 Å². The molecule has 1 amide bonds. The molecule has 2 aromatic carbocycles. The molecule has 7 heteroatoms. The van der Waals surface area contributed by atoms with Crippen LogP contribution in [0.2, 0.25) is 0 Å². The van der Waals surface area contributed by atoms with Crippen molar-refractivity contribution >= 4 is 16.7 Å². The topological polar surface area (TPSA) is 103 Å². The Kier molecular flexibility index (Phi) is 5.22. The summed E-state index contributed by atoms with van der Waals surface area (Å²) in [5, 5.41) is 16.0. The second-order valence-electron chi connectivity index (χ2n) is 8.90. The smallest absolute Gasteiger partial charge is 0.279 e. The first-order chi connectivity index (χ1) is 15.1. The highest BCUT2D eigenvalue weighted by Gasteiger charge is 2.19. The number of aliphatic hydroxyl groups excluding tert-OH is 1. The fraction of sp³-hybridized carbons (Fsp3) is 0.240. The van der Waals surface area contributed by atoms with Crippen LogP contribution in [0.5, 0.6) is 0 Å². The van der Waals surface area contributed by atoms with Gasteiger partial charge in [-0.25, -0.2) is 0 Å². The highest BCUT2D eigenvalue weighted by molar-refractivity contribution is 5.92. The van der Waals surface area contributed by atoms with Crippen molar-refractivity contribution in [1.29, 1.82) is 0 Å². The van der Waals surface area contributed by atoms with Gasteiger partial charge in [0, 0.05) is 29.3 Å². The summed E-state index contributed by atoms with van der Waals surface area (Å²) in [5.74, 6) is -0.539. The normalized spacial score (nSPS) is 11.8. The lowest BCUT2D eigenvalue weighted by molar-refractivity contribution is 0.0992.